The highest BCUT2D eigenvalue weighted by molar-refractivity contribution is 9.10. The Balaban J connectivity index is 2.84. The highest BCUT2D eigenvalue weighted by atomic mass is 79.9. The van der Waals surface area contributed by atoms with Crippen LogP contribution < -0.4 is 4.72 Å². The Kier molecular flexibility index (Phi) is 4.63. The van der Waals surface area contributed by atoms with Gasteiger partial charge in [0.2, 0.25) is 10.0 Å². The lowest BCUT2D eigenvalue weighted by Gasteiger charge is -2.09. The molecule has 3 N–H and O–H groups in total. The second-order valence-corrected chi connectivity index (χ2v) is 5.73. The van der Waals surface area contributed by atoms with Crippen molar-refractivity contribution in [3.05, 3.63) is 28.7 Å². The first-order chi connectivity index (χ1) is 7.84. The molecule has 0 heterocycles. The fourth-order valence-electron chi connectivity index (χ4n) is 1.02. The number of aliphatic hydroxyl groups is 1. The molecule has 6 nitrogen and oxygen atoms in total. The van der Waals surface area contributed by atoms with E-state index < -0.39 is 28.6 Å². The first-order valence-corrected chi connectivity index (χ1v) is 6.77. The minimum atomic E-state index is -3.84. The van der Waals surface area contributed by atoms with Gasteiger partial charge in [-0.25, -0.2) is 17.9 Å². The largest absolute Gasteiger partial charge is 0.479 e. The summed E-state index contributed by atoms with van der Waals surface area (Å²) in [7, 11) is -3.84. The maximum atomic E-state index is 11.7. The van der Waals surface area contributed by atoms with Crippen LogP contribution in [-0.4, -0.2) is 37.2 Å². The fraction of sp³-hybridized carbons (Fsp3) is 0.222. The Morgan fingerprint density at radius 1 is 1.41 bits per heavy atom. The topological polar surface area (TPSA) is 104 Å². The minimum Gasteiger partial charge on any atom is -0.479 e. The van der Waals surface area contributed by atoms with E-state index in [1.54, 1.807) is 12.1 Å². The molecule has 0 spiro atoms. The Bertz CT molecular complexity index is 516. The lowest BCUT2D eigenvalue weighted by atomic mass is 10.4. The number of aliphatic hydroxyl groups excluding tert-OH is 1. The maximum Gasteiger partial charge on any atom is 0.333 e. The zero-order valence-corrected chi connectivity index (χ0v) is 10.9. The zero-order chi connectivity index (χ0) is 13.1. The van der Waals surface area contributed by atoms with Crippen LogP contribution in [0, 0.1) is 0 Å². The Morgan fingerprint density at radius 3 is 2.53 bits per heavy atom. The molecule has 0 fully saturated rings. The van der Waals surface area contributed by atoms with Crippen molar-refractivity contribution in [2.45, 2.75) is 11.0 Å². The van der Waals surface area contributed by atoms with E-state index in [0.29, 0.717) is 4.47 Å². The number of carboxylic acids is 1. The molecular weight excluding hydrogens is 314 g/mol. The van der Waals surface area contributed by atoms with Crippen LogP contribution in [0.5, 0.6) is 0 Å². The second kappa shape index (κ2) is 5.58. The monoisotopic (exact) mass is 323 g/mol. The number of nitrogens with one attached hydrogen (secondary N) is 1. The molecule has 94 valence electrons. The number of sulfonamides is 1. The predicted molar refractivity (Wildman–Crippen MR) is 63.0 cm³/mol. The molecule has 1 rings (SSSR count). The normalized spacial score (nSPS) is 13.3. The molecule has 0 radical (unpaired) electrons. The van der Waals surface area contributed by atoms with Crippen LogP contribution in [0.3, 0.4) is 0 Å². The number of aliphatic carboxylic acids is 1. The van der Waals surface area contributed by atoms with E-state index in [0.717, 1.165) is 0 Å². The van der Waals surface area contributed by atoms with Gasteiger partial charge in [-0.2, -0.15) is 0 Å². The van der Waals surface area contributed by atoms with Crippen LogP contribution in [0.15, 0.2) is 33.6 Å². The van der Waals surface area contributed by atoms with Gasteiger partial charge in [-0.05, 0) is 28.1 Å². The molecule has 0 aliphatic rings. The van der Waals surface area contributed by atoms with Crippen molar-refractivity contribution >= 4 is 31.9 Å². The average molecular weight is 324 g/mol. The van der Waals surface area contributed by atoms with Crippen molar-refractivity contribution in [1.29, 1.82) is 0 Å². The molecule has 0 aromatic heterocycles. The molecule has 0 aliphatic heterocycles. The molecule has 8 heteroatoms. The Morgan fingerprint density at radius 2 is 2.00 bits per heavy atom. The van der Waals surface area contributed by atoms with Crippen LogP contribution in [0.25, 0.3) is 0 Å². The predicted octanol–water partition coefficient (Wildman–Crippen LogP) is 0.173. The Hall–Kier alpha value is -0.960. The highest BCUT2D eigenvalue weighted by Gasteiger charge is 2.20. The van der Waals surface area contributed by atoms with Crippen LogP contribution in [0.2, 0.25) is 0 Å². The number of carboxylic acid groups (broad SMARTS) is 1. The molecule has 1 aromatic rings. The van der Waals surface area contributed by atoms with Crippen molar-refractivity contribution in [1.82, 2.24) is 4.72 Å². The Labute approximate surface area is 106 Å². The number of rotatable bonds is 5. The van der Waals surface area contributed by atoms with Gasteiger partial charge < -0.3 is 10.2 Å². The number of hydrogen-bond donors (Lipinski definition) is 3. The molecule has 0 unspecified atom stereocenters. The van der Waals surface area contributed by atoms with E-state index in [9.17, 15) is 13.2 Å². The standard InChI is InChI=1S/C9H10BrNO5S/c10-6-3-1-2-4-8(6)17(15,16)11-5-7(12)9(13)14/h1-4,7,11-12H,5H2,(H,13,14)/t7-/m0/s1. The summed E-state index contributed by atoms with van der Waals surface area (Å²) in [6.45, 7) is -0.584. The lowest BCUT2D eigenvalue weighted by molar-refractivity contribution is -0.146. The molecular formula is C9H10BrNO5S. The van der Waals surface area contributed by atoms with E-state index in [2.05, 4.69) is 15.9 Å². The summed E-state index contributed by atoms with van der Waals surface area (Å²) < 4.78 is 25.8. The average Bonchev–Trinajstić information content (AvgIpc) is 2.26. The van der Waals surface area contributed by atoms with Gasteiger partial charge in [-0.15, -0.1) is 0 Å². The number of hydrogen-bond acceptors (Lipinski definition) is 4. The summed E-state index contributed by atoms with van der Waals surface area (Å²) in [5.41, 5.74) is 0. The van der Waals surface area contributed by atoms with Crippen molar-refractivity contribution in [2.24, 2.45) is 0 Å². The molecule has 0 bridgehead atoms. The molecule has 0 amide bonds. The summed E-state index contributed by atoms with van der Waals surface area (Å²) in [5, 5.41) is 17.4. The van der Waals surface area contributed by atoms with Gasteiger partial charge in [-0.3, -0.25) is 0 Å². The summed E-state index contributed by atoms with van der Waals surface area (Å²) in [4.78, 5) is 10.3. The molecule has 0 saturated carbocycles. The summed E-state index contributed by atoms with van der Waals surface area (Å²) in [6, 6.07) is 6.09. The van der Waals surface area contributed by atoms with Crippen molar-refractivity contribution in [2.75, 3.05) is 6.54 Å². The van der Waals surface area contributed by atoms with Gasteiger partial charge in [0.15, 0.2) is 6.10 Å². The first-order valence-electron chi connectivity index (χ1n) is 4.49. The third-order valence-electron chi connectivity index (χ3n) is 1.88. The maximum absolute atomic E-state index is 11.7. The van der Waals surface area contributed by atoms with E-state index >= 15 is 0 Å². The van der Waals surface area contributed by atoms with E-state index in [1.165, 1.54) is 12.1 Å². The van der Waals surface area contributed by atoms with Crippen LogP contribution in [0.1, 0.15) is 0 Å². The molecule has 1 aromatic carbocycles. The van der Waals surface area contributed by atoms with Crippen molar-refractivity contribution < 1.29 is 23.4 Å². The van der Waals surface area contributed by atoms with Gasteiger partial charge in [-0.1, -0.05) is 12.1 Å². The van der Waals surface area contributed by atoms with Crippen LogP contribution in [0.4, 0.5) is 0 Å². The summed E-state index contributed by atoms with van der Waals surface area (Å²) in [5.74, 6) is -1.49. The minimum absolute atomic E-state index is 0.0161. The van der Waals surface area contributed by atoms with Gasteiger partial charge >= 0.3 is 5.97 Å². The second-order valence-electron chi connectivity index (χ2n) is 3.14. The smallest absolute Gasteiger partial charge is 0.333 e. The molecule has 0 saturated heterocycles. The van der Waals surface area contributed by atoms with Gasteiger partial charge in [0.1, 0.15) is 0 Å². The fourth-order valence-corrected chi connectivity index (χ4v) is 3.06. The van der Waals surface area contributed by atoms with Crippen LogP contribution in [-0.2, 0) is 14.8 Å². The van der Waals surface area contributed by atoms with Crippen molar-refractivity contribution in [3.63, 3.8) is 0 Å². The van der Waals surface area contributed by atoms with Gasteiger partial charge in [0.05, 0.1) is 4.90 Å². The first kappa shape index (κ1) is 14.1. The van der Waals surface area contributed by atoms with E-state index in [4.69, 9.17) is 10.2 Å². The molecule has 0 aliphatic carbocycles. The molecule has 1 atom stereocenters. The van der Waals surface area contributed by atoms with Crippen LogP contribution >= 0.6 is 15.9 Å². The van der Waals surface area contributed by atoms with Crippen molar-refractivity contribution in [3.8, 4) is 0 Å². The SMILES string of the molecule is O=C(O)[C@@H](O)CNS(=O)(=O)c1ccccc1Br. The lowest BCUT2D eigenvalue weighted by Crippen LogP contribution is -2.36. The quantitative estimate of drug-likeness (QED) is 0.716. The molecule has 17 heavy (non-hydrogen) atoms. The number of carbonyl (C=O) groups is 1. The van der Waals surface area contributed by atoms with E-state index in [-0.39, 0.29) is 4.90 Å². The van der Waals surface area contributed by atoms with Gasteiger partial charge in [0.25, 0.3) is 0 Å². The number of halogens is 1. The van der Waals surface area contributed by atoms with E-state index in [1.807, 2.05) is 4.72 Å². The van der Waals surface area contributed by atoms with Gasteiger partial charge in [0, 0.05) is 11.0 Å². The third-order valence-corrected chi connectivity index (χ3v) is 4.31. The summed E-state index contributed by atoms with van der Waals surface area (Å²) in [6.07, 6.45) is -1.77. The summed E-state index contributed by atoms with van der Waals surface area (Å²) >= 11 is 3.07. The zero-order valence-electron chi connectivity index (χ0n) is 8.50. The number of benzene rings is 1. The highest BCUT2D eigenvalue weighted by Crippen LogP contribution is 2.20. The third kappa shape index (κ3) is 3.77.